The lowest BCUT2D eigenvalue weighted by Gasteiger charge is -2.34. The van der Waals surface area contributed by atoms with Crippen molar-refractivity contribution >= 4 is 45.3 Å². The molecule has 0 bridgehead atoms. The molecule has 1 unspecified atom stereocenters. The molecule has 0 saturated heterocycles. The smallest absolute Gasteiger partial charge is 0.417 e. The first-order chi connectivity index (χ1) is 21.7. The molecule has 2 atom stereocenters. The highest BCUT2D eigenvalue weighted by molar-refractivity contribution is 7.20. The molecule has 5 rings (SSSR count). The Morgan fingerprint density at radius 3 is 2.43 bits per heavy atom. The summed E-state index contributed by atoms with van der Waals surface area (Å²) in [7, 11) is 0. The van der Waals surface area contributed by atoms with Gasteiger partial charge in [-0.2, -0.15) is 0 Å². The van der Waals surface area contributed by atoms with Crippen LogP contribution < -0.4 is 20.7 Å². The van der Waals surface area contributed by atoms with Gasteiger partial charge in [-0.05, 0) is 98.9 Å². The van der Waals surface area contributed by atoms with Crippen LogP contribution in [-0.2, 0) is 17.6 Å². The van der Waals surface area contributed by atoms with Gasteiger partial charge in [-0.1, -0.05) is 51.1 Å². The monoisotopic (exact) mass is 642 g/mol. The molecule has 0 radical (unpaired) electrons. The first-order valence-corrected chi connectivity index (χ1v) is 16.4. The van der Waals surface area contributed by atoms with Crippen LogP contribution in [0.4, 0.5) is 15.3 Å². The average Bonchev–Trinajstić information content (AvgIpc) is 3.40. The lowest BCUT2D eigenvalue weighted by Crippen LogP contribution is -2.40. The number of ether oxygens (including phenoxy) is 2. The number of alkyl carbamates (subject to hydrolysis) is 1. The molecule has 4 aromatic rings. The van der Waals surface area contributed by atoms with E-state index in [1.165, 1.54) is 16.9 Å². The van der Waals surface area contributed by atoms with Crippen molar-refractivity contribution in [2.24, 2.45) is 11.3 Å². The van der Waals surface area contributed by atoms with Gasteiger partial charge < -0.3 is 20.1 Å². The maximum atomic E-state index is 13.7. The highest BCUT2D eigenvalue weighted by Gasteiger charge is 2.30. The molecule has 0 saturated carbocycles. The number of anilines is 1. The van der Waals surface area contributed by atoms with E-state index >= 15 is 0 Å². The van der Waals surface area contributed by atoms with Crippen molar-refractivity contribution in [2.45, 2.75) is 72.4 Å². The van der Waals surface area contributed by atoms with E-state index in [0.717, 1.165) is 35.2 Å². The molecule has 10 heteroatoms. The van der Waals surface area contributed by atoms with Gasteiger partial charge in [0.1, 0.15) is 16.2 Å². The Hall–Kier alpha value is -4.44. The summed E-state index contributed by atoms with van der Waals surface area (Å²) in [4.78, 5) is 45.1. The molecule has 2 aromatic heterocycles. The number of hydrogen-bond acceptors (Lipinski definition) is 7. The largest absolute Gasteiger partial charge is 0.444 e. The van der Waals surface area contributed by atoms with Crippen LogP contribution in [0, 0.1) is 11.3 Å². The number of amides is 3. The summed E-state index contributed by atoms with van der Waals surface area (Å²) in [5.41, 5.74) is 3.07. The van der Waals surface area contributed by atoms with Crippen LogP contribution in [0.15, 0.2) is 66.7 Å². The minimum Gasteiger partial charge on any atom is -0.444 e. The Balaban J connectivity index is 1.35. The first kappa shape index (κ1) is 32.9. The second-order valence-electron chi connectivity index (χ2n) is 13.8. The Kier molecular flexibility index (Phi) is 9.67. The van der Waals surface area contributed by atoms with Crippen molar-refractivity contribution in [3.05, 3.63) is 88.4 Å². The number of hydrogen-bond donors (Lipinski definition) is 3. The molecule has 1 aliphatic carbocycles. The molecule has 2 heterocycles. The number of aryl methyl sites for hydroxylation is 1. The van der Waals surface area contributed by atoms with Crippen molar-refractivity contribution in [3.63, 3.8) is 0 Å². The lowest BCUT2D eigenvalue weighted by atomic mass is 9.71. The molecule has 3 N–H and O–H groups in total. The van der Waals surface area contributed by atoms with Crippen LogP contribution in [0.1, 0.15) is 80.5 Å². The number of carbonyl (C=O) groups is 3. The number of aromatic nitrogens is 1. The molecule has 0 fully saturated rings. The van der Waals surface area contributed by atoms with Crippen molar-refractivity contribution < 1.29 is 23.9 Å². The van der Waals surface area contributed by atoms with Crippen LogP contribution in [0.5, 0.6) is 5.75 Å². The number of nitrogens with one attached hydrogen (secondary N) is 3. The standard InChI is InChI=1S/C36H42N4O5S/c1-35(2,3)25-15-16-28-23(18-25)17-24-20-30(46-32(24)40-28)31(41)39-29(21-37-33(42)45-36(4,5)6)22-11-10-12-26(19-22)38-34(43)44-27-13-8-7-9-14-27/h7-14,17,19-20,25,29H,15-16,18,21H2,1-6H3,(H,37,42)(H,38,43)(H,39,41)/t25-,29?/m1/s1. The third-order valence-electron chi connectivity index (χ3n) is 7.97. The van der Waals surface area contributed by atoms with Gasteiger partial charge in [-0.15, -0.1) is 11.3 Å². The highest BCUT2D eigenvalue weighted by Crippen LogP contribution is 2.38. The maximum absolute atomic E-state index is 13.7. The quantitative estimate of drug-likeness (QED) is 0.188. The van der Waals surface area contributed by atoms with Crippen LogP contribution >= 0.6 is 11.3 Å². The van der Waals surface area contributed by atoms with E-state index in [0.29, 0.717) is 27.8 Å². The summed E-state index contributed by atoms with van der Waals surface area (Å²) in [6.07, 6.45) is 1.79. The fourth-order valence-electron chi connectivity index (χ4n) is 5.53. The van der Waals surface area contributed by atoms with E-state index in [4.69, 9.17) is 14.5 Å². The van der Waals surface area contributed by atoms with Crippen molar-refractivity contribution in [1.82, 2.24) is 15.6 Å². The first-order valence-electron chi connectivity index (χ1n) is 15.6. The van der Waals surface area contributed by atoms with Gasteiger partial charge in [0, 0.05) is 23.3 Å². The molecule has 3 amide bonds. The number of thiophene rings is 1. The Morgan fingerprint density at radius 2 is 1.72 bits per heavy atom. The molecule has 2 aromatic carbocycles. The second-order valence-corrected chi connectivity index (χ2v) is 14.8. The predicted octanol–water partition coefficient (Wildman–Crippen LogP) is 8.05. The van der Waals surface area contributed by atoms with E-state index in [-0.39, 0.29) is 17.9 Å². The number of benzene rings is 2. The van der Waals surface area contributed by atoms with E-state index in [2.05, 4.69) is 42.8 Å². The minimum absolute atomic E-state index is 0.0597. The van der Waals surface area contributed by atoms with Gasteiger partial charge in [-0.3, -0.25) is 10.1 Å². The normalized spacial score (nSPS) is 15.4. The highest BCUT2D eigenvalue weighted by atomic mass is 32.1. The van der Waals surface area contributed by atoms with Crippen LogP contribution in [0.3, 0.4) is 0 Å². The maximum Gasteiger partial charge on any atom is 0.417 e. The van der Waals surface area contributed by atoms with E-state index < -0.39 is 23.8 Å². The van der Waals surface area contributed by atoms with Crippen LogP contribution in [0.25, 0.3) is 10.2 Å². The number of pyridine rings is 1. The van der Waals surface area contributed by atoms with Gasteiger partial charge in [0.15, 0.2) is 0 Å². The van der Waals surface area contributed by atoms with E-state index in [1.54, 1.807) is 63.2 Å². The lowest BCUT2D eigenvalue weighted by molar-refractivity contribution is 0.0520. The third kappa shape index (κ3) is 8.63. The van der Waals surface area contributed by atoms with Gasteiger partial charge >= 0.3 is 12.2 Å². The Morgan fingerprint density at radius 1 is 0.957 bits per heavy atom. The summed E-state index contributed by atoms with van der Waals surface area (Å²) < 4.78 is 10.8. The number of para-hydroxylation sites is 1. The SMILES string of the molecule is CC(C)(C)OC(=O)NCC(NC(=O)c1cc2cc3c(nc2s1)CC[C@@H](C(C)(C)C)C3)c1cccc(NC(=O)Oc2ccccc2)c1. The fourth-order valence-corrected chi connectivity index (χ4v) is 6.47. The van der Waals surface area contributed by atoms with E-state index in [9.17, 15) is 14.4 Å². The van der Waals surface area contributed by atoms with Crippen LogP contribution in [-0.4, -0.2) is 35.2 Å². The Bertz CT molecular complexity index is 1720. The number of fused-ring (bicyclic) bond motifs is 2. The third-order valence-corrected chi connectivity index (χ3v) is 9.01. The van der Waals surface area contributed by atoms with Gasteiger partial charge in [-0.25, -0.2) is 14.6 Å². The van der Waals surface area contributed by atoms with Crippen LogP contribution in [0.2, 0.25) is 0 Å². The molecule has 242 valence electrons. The molecule has 9 nitrogen and oxygen atoms in total. The molecular formula is C36H42N4O5S. The van der Waals surface area contributed by atoms with E-state index in [1.807, 2.05) is 18.2 Å². The molecule has 1 aliphatic rings. The molecular weight excluding hydrogens is 600 g/mol. The zero-order chi connectivity index (χ0) is 33.1. The van der Waals surface area contributed by atoms with Crippen molar-refractivity contribution in [2.75, 3.05) is 11.9 Å². The molecule has 0 spiro atoms. The summed E-state index contributed by atoms with van der Waals surface area (Å²) in [5.74, 6) is 0.714. The van der Waals surface area contributed by atoms with Crippen molar-refractivity contribution in [3.8, 4) is 5.75 Å². The molecule has 0 aliphatic heterocycles. The topological polar surface area (TPSA) is 119 Å². The van der Waals surface area contributed by atoms with Crippen molar-refractivity contribution in [1.29, 1.82) is 0 Å². The number of nitrogens with zero attached hydrogens (tertiary/aromatic N) is 1. The summed E-state index contributed by atoms with van der Waals surface area (Å²) in [6, 6.07) is 19.2. The fraction of sp³-hybridized carbons (Fsp3) is 0.389. The molecule has 46 heavy (non-hydrogen) atoms. The zero-order valence-electron chi connectivity index (χ0n) is 27.2. The Labute approximate surface area is 274 Å². The second kappa shape index (κ2) is 13.5. The summed E-state index contributed by atoms with van der Waals surface area (Å²) in [6.45, 7) is 12.3. The average molecular weight is 643 g/mol. The minimum atomic E-state index is -0.679. The van der Waals surface area contributed by atoms with Gasteiger partial charge in [0.25, 0.3) is 5.91 Å². The summed E-state index contributed by atoms with van der Waals surface area (Å²) in [5, 5.41) is 9.53. The summed E-state index contributed by atoms with van der Waals surface area (Å²) >= 11 is 1.36. The predicted molar refractivity (Wildman–Crippen MR) is 182 cm³/mol. The van der Waals surface area contributed by atoms with Gasteiger partial charge in [0.05, 0.1) is 10.9 Å². The number of rotatable bonds is 7. The zero-order valence-corrected chi connectivity index (χ0v) is 28.0. The van der Waals surface area contributed by atoms with Gasteiger partial charge in [0.2, 0.25) is 0 Å². The number of carbonyl (C=O) groups excluding carboxylic acids is 3.